The number of rotatable bonds is 1. The van der Waals surface area contributed by atoms with Gasteiger partial charge in [-0.3, -0.25) is 0 Å². The van der Waals surface area contributed by atoms with Gasteiger partial charge in [0.25, 0.3) is 0 Å². The van der Waals surface area contributed by atoms with Crippen LogP contribution in [0, 0.1) is 11.8 Å². The van der Waals surface area contributed by atoms with Crippen LogP contribution >= 0.6 is 0 Å². The number of carbonyl (C=O) groups is 1. The van der Waals surface area contributed by atoms with E-state index in [1.54, 1.807) is 20.8 Å². The average molecular weight is 215 g/mol. The molecule has 0 aliphatic carbocycles. The highest BCUT2D eigenvalue weighted by atomic mass is 19.2. The van der Waals surface area contributed by atoms with Crippen molar-refractivity contribution in [3.63, 3.8) is 0 Å². The number of ether oxygens (including phenoxy) is 1. The van der Waals surface area contributed by atoms with Crippen LogP contribution in [0.25, 0.3) is 0 Å². The molecule has 82 valence electrons. The quantitative estimate of drug-likeness (QED) is 0.533. The van der Waals surface area contributed by atoms with E-state index in [2.05, 4.69) is 4.98 Å². The van der Waals surface area contributed by atoms with E-state index in [4.69, 9.17) is 4.74 Å². The molecular weight excluding hydrogens is 204 g/mol. The van der Waals surface area contributed by atoms with E-state index in [0.717, 1.165) is 12.3 Å². The minimum atomic E-state index is -1.31. The number of hydrogen-bond acceptors (Lipinski definition) is 3. The molecule has 0 radical (unpaired) electrons. The van der Waals surface area contributed by atoms with Gasteiger partial charge in [0.05, 0.1) is 0 Å². The van der Waals surface area contributed by atoms with Gasteiger partial charge >= 0.3 is 5.97 Å². The first kappa shape index (κ1) is 11.6. The minimum absolute atomic E-state index is 0.447. The Hall–Kier alpha value is -1.52. The molecule has 1 aromatic rings. The summed E-state index contributed by atoms with van der Waals surface area (Å²) in [7, 11) is 0. The van der Waals surface area contributed by atoms with E-state index in [1.165, 1.54) is 0 Å². The summed E-state index contributed by atoms with van der Waals surface area (Å²) in [5.74, 6) is -3.49. The summed E-state index contributed by atoms with van der Waals surface area (Å²) in [5.41, 5.74) is -1.19. The molecule has 15 heavy (non-hydrogen) atoms. The third-order valence-electron chi connectivity index (χ3n) is 1.47. The zero-order chi connectivity index (χ0) is 11.6. The molecule has 3 nitrogen and oxygen atoms in total. The van der Waals surface area contributed by atoms with Gasteiger partial charge in [0, 0.05) is 6.20 Å². The summed E-state index contributed by atoms with van der Waals surface area (Å²) in [6, 6.07) is 1.08. The molecule has 0 atom stereocenters. The summed E-state index contributed by atoms with van der Waals surface area (Å²) in [6.45, 7) is 4.92. The number of carbonyl (C=O) groups excluding carboxylic acids is 1. The van der Waals surface area contributed by atoms with Gasteiger partial charge < -0.3 is 4.74 Å². The van der Waals surface area contributed by atoms with E-state index in [-0.39, 0.29) is 0 Å². The second-order valence-electron chi connectivity index (χ2n) is 3.97. The number of aromatic nitrogens is 1. The van der Waals surface area contributed by atoms with Crippen molar-refractivity contribution in [2.45, 2.75) is 26.4 Å². The Kier molecular flexibility index (Phi) is 3.02. The van der Waals surface area contributed by atoms with Crippen LogP contribution in [0.4, 0.5) is 8.78 Å². The van der Waals surface area contributed by atoms with Gasteiger partial charge in [0.15, 0.2) is 5.82 Å². The first-order valence-electron chi connectivity index (χ1n) is 4.34. The normalized spacial score (nSPS) is 11.3. The molecule has 0 aromatic carbocycles. The molecule has 0 saturated heterocycles. The molecular formula is C10H11F2NO2. The zero-order valence-corrected chi connectivity index (χ0v) is 8.67. The predicted octanol–water partition coefficient (Wildman–Crippen LogP) is 2.32. The van der Waals surface area contributed by atoms with Crippen molar-refractivity contribution in [2.24, 2.45) is 0 Å². The number of hydrogen-bond donors (Lipinski definition) is 0. The highest BCUT2D eigenvalue weighted by Gasteiger charge is 2.22. The molecule has 0 aliphatic heterocycles. The van der Waals surface area contributed by atoms with Crippen LogP contribution in [0.1, 0.15) is 31.1 Å². The highest BCUT2D eigenvalue weighted by Crippen LogP contribution is 2.15. The van der Waals surface area contributed by atoms with E-state index in [9.17, 15) is 13.6 Å². The Morgan fingerprint density at radius 2 is 2.00 bits per heavy atom. The predicted molar refractivity (Wildman–Crippen MR) is 49.3 cm³/mol. The first-order valence-corrected chi connectivity index (χ1v) is 4.34. The average Bonchev–Trinajstić information content (AvgIpc) is 2.06. The molecule has 1 rings (SSSR count). The van der Waals surface area contributed by atoms with Crippen molar-refractivity contribution in [1.29, 1.82) is 0 Å². The van der Waals surface area contributed by atoms with E-state index in [0.29, 0.717) is 0 Å². The van der Waals surface area contributed by atoms with Crippen molar-refractivity contribution in [2.75, 3.05) is 0 Å². The molecule has 5 heteroatoms. The molecule has 0 aliphatic rings. The van der Waals surface area contributed by atoms with Gasteiger partial charge in [-0.15, -0.1) is 0 Å². The summed E-state index contributed by atoms with van der Waals surface area (Å²) in [5, 5.41) is 0. The lowest BCUT2D eigenvalue weighted by Crippen LogP contribution is -2.24. The molecule has 0 fully saturated rings. The topological polar surface area (TPSA) is 39.2 Å². The third kappa shape index (κ3) is 2.97. The van der Waals surface area contributed by atoms with Gasteiger partial charge in [-0.05, 0) is 26.8 Å². The fourth-order valence-corrected chi connectivity index (χ4v) is 0.909. The van der Waals surface area contributed by atoms with Crippen LogP contribution in [-0.4, -0.2) is 16.6 Å². The van der Waals surface area contributed by atoms with Crippen molar-refractivity contribution >= 4 is 5.97 Å². The molecule has 1 heterocycles. The van der Waals surface area contributed by atoms with Gasteiger partial charge in [-0.2, -0.15) is 4.39 Å². The lowest BCUT2D eigenvalue weighted by atomic mass is 10.2. The van der Waals surface area contributed by atoms with E-state index >= 15 is 0 Å². The van der Waals surface area contributed by atoms with Crippen molar-refractivity contribution in [1.82, 2.24) is 4.98 Å². The molecule has 0 saturated carbocycles. The number of pyridine rings is 1. The Balaban J connectivity index is 2.97. The second kappa shape index (κ2) is 3.92. The minimum Gasteiger partial charge on any atom is -0.456 e. The molecule has 0 amide bonds. The van der Waals surface area contributed by atoms with Crippen molar-refractivity contribution in [3.8, 4) is 0 Å². The summed E-state index contributed by atoms with van der Waals surface area (Å²) >= 11 is 0. The van der Waals surface area contributed by atoms with E-state index < -0.39 is 28.9 Å². The maximum Gasteiger partial charge on any atom is 0.341 e. The van der Waals surface area contributed by atoms with Crippen molar-refractivity contribution in [3.05, 3.63) is 29.6 Å². The Bertz CT molecular complexity index is 385. The number of halogens is 2. The zero-order valence-electron chi connectivity index (χ0n) is 8.67. The van der Waals surface area contributed by atoms with Gasteiger partial charge in [0.2, 0.25) is 5.95 Å². The molecule has 0 unspecified atom stereocenters. The van der Waals surface area contributed by atoms with Gasteiger partial charge in [0.1, 0.15) is 11.2 Å². The molecule has 0 spiro atoms. The second-order valence-corrected chi connectivity index (χ2v) is 3.97. The largest absolute Gasteiger partial charge is 0.456 e. The standard InChI is InChI=1S/C10H11F2NO2/c1-10(2,3)15-9(14)6-4-5-13-8(12)7(6)11/h4-5H,1-3H3. The Labute approximate surface area is 86.1 Å². The number of nitrogens with zero attached hydrogens (tertiary/aromatic N) is 1. The summed E-state index contributed by atoms with van der Waals surface area (Å²) in [6.07, 6.45) is 1.01. The summed E-state index contributed by atoms with van der Waals surface area (Å²) in [4.78, 5) is 14.4. The molecule has 0 N–H and O–H groups in total. The fourth-order valence-electron chi connectivity index (χ4n) is 0.909. The van der Waals surface area contributed by atoms with Crippen LogP contribution < -0.4 is 0 Å². The van der Waals surface area contributed by atoms with Gasteiger partial charge in [-0.1, -0.05) is 0 Å². The van der Waals surface area contributed by atoms with Crippen LogP contribution in [0.5, 0.6) is 0 Å². The Morgan fingerprint density at radius 1 is 1.40 bits per heavy atom. The smallest absolute Gasteiger partial charge is 0.341 e. The first-order chi connectivity index (χ1) is 6.81. The third-order valence-corrected chi connectivity index (χ3v) is 1.47. The van der Waals surface area contributed by atoms with Crippen molar-refractivity contribution < 1.29 is 18.3 Å². The van der Waals surface area contributed by atoms with Crippen LogP contribution in [0.3, 0.4) is 0 Å². The number of esters is 1. The fraction of sp³-hybridized carbons (Fsp3) is 0.400. The maximum absolute atomic E-state index is 13.1. The molecule has 0 bridgehead atoms. The van der Waals surface area contributed by atoms with Crippen LogP contribution in [-0.2, 0) is 4.74 Å². The lowest BCUT2D eigenvalue weighted by molar-refractivity contribution is 0.00632. The van der Waals surface area contributed by atoms with Gasteiger partial charge in [-0.25, -0.2) is 14.2 Å². The highest BCUT2D eigenvalue weighted by molar-refractivity contribution is 5.89. The van der Waals surface area contributed by atoms with E-state index in [1.807, 2.05) is 0 Å². The van der Waals surface area contributed by atoms with Crippen LogP contribution in [0.15, 0.2) is 12.3 Å². The Morgan fingerprint density at radius 3 is 2.53 bits per heavy atom. The molecule has 1 aromatic heterocycles. The maximum atomic E-state index is 13.1. The lowest BCUT2D eigenvalue weighted by Gasteiger charge is -2.19. The SMILES string of the molecule is CC(C)(C)OC(=O)c1ccnc(F)c1F. The summed E-state index contributed by atoms with van der Waals surface area (Å²) < 4.78 is 30.7. The van der Waals surface area contributed by atoms with Crippen LogP contribution in [0.2, 0.25) is 0 Å². The monoisotopic (exact) mass is 215 g/mol.